The number of carbonyl (C=O) groups excluding carboxylic acids is 1. The van der Waals surface area contributed by atoms with Gasteiger partial charge < -0.3 is 15.0 Å². The Balaban J connectivity index is 1.74. The minimum Gasteiger partial charge on any atom is -0.495 e. The molecule has 0 fully saturated rings. The van der Waals surface area contributed by atoms with Crippen LogP contribution >= 0.6 is 0 Å². The molecule has 1 aromatic carbocycles. The summed E-state index contributed by atoms with van der Waals surface area (Å²) in [4.78, 5) is 22.0. The summed E-state index contributed by atoms with van der Waals surface area (Å²) in [6.07, 6.45) is 5.14. The third kappa shape index (κ3) is 3.97. The van der Waals surface area contributed by atoms with Crippen LogP contribution in [0.3, 0.4) is 0 Å². The molecule has 3 rings (SSSR count). The molecular weight excluding hydrogens is 328 g/mol. The van der Waals surface area contributed by atoms with Gasteiger partial charge in [-0.2, -0.15) is 0 Å². The van der Waals surface area contributed by atoms with E-state index in [4.69, 9.17) is 4.74 Å². The molecule has 0 aliphatic carbocycles. The Morgan fingerprint density at radius 3 is 2.35 bits per heavy atom. The molecule has 1 N–H and O–H groups in total. The van der Waals surface area contributed by atoms with Crippen LogP contribution < -0.4 is 10.1 Å². The molecule has 132 valence electrons. The number of nitrogens with one attached hydrogen (secondary N) is 1. The summed E-state index contributed by atoms with van der Waals surface area (Å²) in [5.41, 5.74) is 3.44. The first kappa shape index (κ1) is 17.4. The number of benzene rings is 1. The van der Waals surface area contributed by atoms with Crippen molar-refractivity contribution in [2.75, 3.05) is 26.5 Å². The third-order valence-corrected chi connectivity index (χ3v) is 3.86. The Kier molecular flexibility index (Phi) is 5.12. The second kappa shape index (κ2) is 7.65. The van der Waals surface area contributed by atoms with Crippen molar-refractivity contribution in [2.45, 2.75) is 0 Å². The number of nitrogens with zero attached hydrogens (tertiary/aromatic N) is 3. The first-order valence-electron chi connectivity index (χ1n) is 8.11. The number of hydrogen-bond acceptors (Lipinski definition) is 5. The number of anilines is 2. The van der Waals surface area contributed by atoms with Gasteiger partial charge in [-0.05, 0) is 29.8 Å². The fourth-order valence-corrected chi connectivity index (χ4v) is 2.45. The first-order chi connectivity index (χ1) is 12.6. The summed E-state index contributed by atoms with van der Waals surface area (Å²) in [6, 6.07) is 13.2. The maximum atomic E-state index is 11.9. The minimum atomic E-state index is -0.0129. The van der Waals surface area contributed by atoms with Gasteiger partial charge in [0, 0.05) is 37.5 Å². The van der Waals surface area contributed by atoms with Gasteiger partial charge in [0.1, 0.15) is 11.6 Å². The molecule has 2 aromatic heterocycles. The molecule has 0 bridgehead atoms. The van der Waals surface area contributed by atoms with Gasteiger partial charge in [0.25, 0.3) is 5.91 Å². The smallest absolute Gasteiger partial charge is 0.253 e. The highest BCUT2D eigenvalue weighted by Gasteiger charge is 2.08. The molecule has 0 aliphatic rings. The van der Waals surface area contributed by atoms with Crippen molar-refractivity contribution in [3.63, 3.8) is 0 Å². The summed E-state index contributed by atoms with van der Waals surface area (Å²) < 4.78 is 5.16. The van der Waals surface area contributed by atoms with Gasteiger partial charge in [0.15, 0.2) is 0 Å². The Morgan fingerprint density at radius 2 is 1.73 bits per heavy atom. The van der Waals surface area contributed by atoms with Crippen molar-refractivity contribution >= 4 is 17.4 Å². The molecule has 3 aromatic rings. The van der Waals surface area contributed by atoms with Crippen LogP contribution in [0.25, 0.3) is 11.1 Å². The van der Waals surface area contributed by atoms with Gasteiger partial charge in [-0.1, -0.05) is 12.1 Å². The van der Waals surface area contributed by atoms with Crippen LogP contribution in [0, 0.1) is 0 Å². The SMILES string of the molecule is COc1cncc(Nc2ccc(-c3ccc(C(=O)N(C)C)cc3)cn2)c1. The molecule has 0 spiro atoms. The topological polar surface area (TPSA) is 67.3 Å². The van der Waals surface area contributed by atoms with Gasteiger partial charge >= 0.3 is 0 Å². The fourth-order valence-electron chi connectivity index (χ4n) is 2.45. The van der Waals surface area contributed by atoms with Crippen LogP contribution in [0.15, 0.2) is 61.1 Å². The Hall–Kier alpha value is -3.41. The van der Waals surface area contributed by atoms with Gasteiger partial charge in [-0.15, -0.1) is 0 Å². The standard InChI is InChI=1S/C20H20N4O2/c1-24(2)20(25)15-6-4-14(5-7-15)16-8-9-19(22-11-16)23-17-10-18(26-3)13-21-12-17/h4-13H,1-3H3,(H,22,23). The van der Waals surface area contributed by atoms with E-state index in [0.717, 1.165) is 16.8 Å². The molecule has 26 heavy (non-hydrogen) atoms. The normalized spacial score (nSPS) is 10.3. The van der Waals surface area contributed by atoms with E-state index in [1.807, 2.05) is 42.5 Å². The molecule has 0 saturated heterocycles. The number of methoxy groups -OCH3 is 1. The minimum absolute atomic E-state index is 0.0129. The first-order valence-corrected chi connectivity index (χ1v) is 8.11. The van der Waals surface area contributed by atoms with E-state index < -0.39 is 0 Å². The van der Waals surface area contributed by atoms with E-state index in [2.05, 4.69) is 15.3 Å². The van der Waals surface area contributed by atoms with Gasteiger partial charge in [0.05, 0.1) is 25.2 Å². The Labute approximate surface area is 152 Å². The summed E-state index contributed by atoms with van der Waals surface area (Å²) in [6.45, 7) is 0. The fraction of sp³-hybridized carbons (Fsp3) is 0.150. The van der Waals surface area contributed by atoms with Gasteiger partial charge in [-0.25, -0.2) is 4.98 Å². The molecule has 1 amide bonds. The number of aromatic nitrogens is 2. The molecule has 0 aliphatic heterocycles. The van der Waals surface area contributed by atoms with Crippen molar-refractivity contribution in [1.82, 2.24) is 14.9 Å². The lowest BCUT2D eigenvalue weighted by Gasteiger charge is -2.11. The van der Waals surface area contributed by atoms with E-state index >= 15 is 0 Å². The van der Waals surface area contributed by atoms with E-state index in [9.17, 15) is 4.79 Å². The zero-order chi connectivity index (χ0) is 18.5. The molecule has 6 heteroatoms. The van der Waals surface area contributed by atoms with Crippen LogP contribution in [0.5, 0.6) is 5.75 Å². The number of ether oxygens (including phenoxy) is 1. The van der Waals surface area contributed by atoms with Crippen molar-refractivity contribution < 1.29 is 9.53 Å². The lowest BCUT2D eigenvalue weighted by molar-refractivity contribution is 0.0827. The maximum Gasteiger partial charge on any atom is 0.253 e. The molecule has 0 unspecified atom stereocenters. The average molecular weight is 348 g/mol. The zero-order valence-corrected chi connectivity index (χ0v) is 14.9. The highest BCUT2D eigenvalue weighted by atomic mass is 16.5. The van der Waals surface area contributed by atoms with Crippen LogP contribution in [0.2, 0.25) is 0 Å². The Bertz CT molecular complexity index is 890. The second-order valence-electron chi connectivity index (χ2n) is 5.95. The lowest BCUT2D eigenvalue weighted by atomic mass is 10.1. The third-order valence-electron chi connectivity index (χ3n) is 3.86. The van der Waals surface area contributed by atoms with Gasteiger partial charge in [0.2, 0.25) is 0 Å². The van der Waals surface area contributed by atoms with E-state index in [0.29, 0.717) is 17.1 Å². The predicted molar refractivity (Wildman–Crippen MR) is 102 cm³/mol. The number of hydrogen-bond donors (Lipinski definition) is 1. The maximum absolute atomic E-state index is 11.9. The van der Waals surface area contributed by atoms with Gasteiger partial charge in [-0.3, -0.25) is 9.78 Å². The molecular formula is C20H20N4O2. The van der Waals surface area contributed by atoms with E-state index in [1.54, 1.807) is 44.7 Å². The van der Waals surface area contributed by atoms with Crippen LogP contribution in [-0.2, 0) is 0 Å². The number of pyridine rings is 2. The van der Waals surface area contributed by atoms with Crippen molar-refractivity contribution in [1.29, 1.82) is 0 Å². The summed E-state index contributed by atoms with van der Waals surface area (Å²) in [5.74, 6) is 1.38. The summed E-state index contributed by atoms with van der Waals surface area (Å²) in [7, 11) is 5.08. The highest BCUT2D eigenvalue weighted by Crippen LogP contribution is 2.23. The van der Waals surface area contributed by atoms with Crippen LogP contribution in [-0.4, -0.2) is 42.0 Å². The zero-order valence-electron chi connectivity index (χ0n) is 14.9. The van der Waals surface area contributed by atoms with E-state index in [-0.39, 0.29) is 5.91 Å². The van der Waals surface area contributed by atoms with Crippen LogP contribution in [0.1, 0.15) is 10.4 Å². The number of amides is 1. The monoisotopic (exact) mass is 348 g/mol. The second-order valence-corrected chi connectivity index (χ2v) is 5.95. The average Bonchev–Trinajstić information content (AvgIpc) is 2.68. The number of carbonyl (C=O) groups is 1. The number of rotatable bonds is 5. The largest absolute Gasteiger partial charge is 0.495 e. The highest BCUT2D eigenvalue weighted by molar-refractivity contribution is 5.94. The van der Waals surface area contributed by atoms with Crippen LogP contribution in [0.4, 0.5) is 11.5 Å². The molecule has 0 saturated carbocycles. The van der Waals surface area contributed by atoms with Crippen molar-refractivity contribution in [2.24, 2.45) is 0 Å². The quantitative estimate of drug-likeness (QED) is 0.763. The Morgan fingerprint density at radius 1 is 1.00 bits per heavy atom. The summed E-state index contributed by atoms with van der Waals surface area (Å²) in [5, 5.41) is 3.19. The lowest BCUT2D eigenvalue weighted by Crippen LogP contribution is -2.21. The van der Waals surface area contributed by atoms with Crippen molar-refractivity contribution in [3.8, 4) is 16.9 Å². The molecule has 0 radical (unpaired) electrons. The van der Waals surface area contributed by atoms with Crippen molar-refractivity contribution in [3.05, 3.63) is 66.6 Å². The summed E-state index contributed by atoms with van der Waals surface area (Å²) >= 11 is 0. The molecule has 0 atom stereocenters. The molecule has 2 heterocycles. The predicted octanol–water partition coefficient (Wildman–Crippen LogP) is 3.60. The van der Waals surface area contributed by atoms with E-state index in [1.165, 1.54) is 0 Å². The molecule has 6 nitrogen and oxygen atoms in total.